The zero-order valence-corrected chi connectivity index (χ0v) is 11.5. The molecule has 3 heterocycles. The summed E-state index contributed by atoms with van der Waals surface area (Å²) in [6.07, 6.45) is 5.32. The van der Waals surface area contributed by atoms with Gasteiger partial charge in [-0.1, -0.05) is 12.1 Å². The van der Waals surface area contributed by atoms with E-state index in [1.165, 1.54) is 4.57 Å². The van der Waals surface area contributed by atoms with Gasteiger partial charge in [0.05, 0.1) is 23.6 Å². The van der Waals surface area contributed by atoms with Gasteiger partial charge in [0.15, 0.2) is 0 Å². The first-order chi connectivity index (χ1) is 10.8. The molecule has 108 valence electrons. The minimum Gasteiger partial charge on any atom is -0.337 e. The van der Waals surface area contributed by atoms with Crippen molar-refractivity contribution >= 4 is 16.6 Å². The van der Waals surface area contributed by atoms with Gasteiger partial charge in [0.1, 0.15) is 5.52 Å². The maximum absolute atomic E-state index is 12.8. The van der Waals surface area contributed by atoms with Crippen molar-refractivity contribution in [3.05, 3.63) is 53.0 Å². The Kier molecular flexibility index (Phi) is 2.14. The summed E-state index contributed by atoms with van der Waals surface area (Å²) in [4.78, 5) is 21.3. The fourth-order valence-corrected chi connectivity index (χ4v) is 2.74. The van der Waals surface area contributed by atoms with Crippen LogP contribution in [0.5, 0.6) is 0 Å². The predicted octanol–water partition coefficient (Wildman–Crippen LogP) is 1.90. The topological polar surface area (TPSA) is 78.2 Å². The van der Waals surface area contributed by atoms with Gasteiger partial charge in [0.25, 0.3) is 11.5 Å². The summed E-state index contributed by atoms with van der Waals surface area (Å²) < 4.78 is 8.56. The lowest BCUT2D eigenvalue weighted by Gasteiger charge is -2.08. The molecule has 7 heteroatoms. The number of fused-ring (bicyclic) bond motifs is 3. The Hall–Kier alpha value is -2.96. The lowest BCUT2D eigenvalue weighted by molar-refractivity contribution is 0.377. The standard InChI is InChI=1S/C15H11N5O2/c21-14-12-7-16-8-19(12)10-3-1-2-4-11(10)20(14)15-17-13(22-18-15)9-5-6-9/h1-4,7-9H,5-6H2. The first kappa shape index (κ1) is 11.7. The Balaban J connectivity index is 1.90. The molecule has 0 unspecified atom stereocenters. The van der Waals surface area contributed by atoms with Crippen LogP contribution in [0.25, 0.3) is 22.5 Å². The molecule has 3 aromatic heterocycles. The van der Waals surface area contributed by atoms with E-state index in [0.29, 0.717) is 17.3 Å². The zero-order valence-electron chi connectivity index (χ0n) is 11.5. The van der Waals surface area contributed by atoms with E-state index >= 15 is 0 Å². The van der Waals surface area contributed by atoms with Crippen molar-refractivity contribution in [1.29, 1.82) is 0 Å². The molecule has 5 rings (SSSR count). The third-order valence-electron chi connectivity index (χ3n) is 4.00. The molecule has 0 spiro atoms. The fourth-order valence-electron chi connectivity index (χ4n) is 2.74. The zero-order chi connectivity index (χ0) is 14.7. The number of nitrogens with zero attached hydrogens (tertiary/aromatic N) is 5. The molecule has 0 N–H and O–H groups in total. The van der Waals surface area contributed by atoms with E-state index in [-0.39, 0.29) is 11.5 Å². The highest BCUT2D eigenvalue weighted by molar-refractivity contribution is 5.79. The highest BCUT2D eigenvalue weighted by atomic mass is 16.5. The third kappa shape index (κ3) is 1.50. The number of para-hydroxylation sites is 2. The third-order valence-corrected chi connectivity index (χ3v) is 4.00. The number of hydrogen-bond acceptors (Lipinski definition) is 5. The average Bonchev–Trinajstić information content (AvgIpc) is 3.08. The smallest absolute Gasteiger partial charge is 0.284 e. The summed E-state index contributed by atoms with van der Waals surface area (Å²) in [5.41, 5.74) is 1.87. The molecule has 1 saturated carbocycles. The van der Waals surface area contributed by atoms with Crippen LogP contribution < -0.4 is 5.56 Å². The van der Waals surface area contributed by atoms with Gasteiger partial charge in [-0.2, -0.15) is 4.98 Å². The minimum atomic E-state index is -0.209. The Morgan fingerprint density at radius 1 is 1.14 bits per heavy atom. The van der Waals surface area contributed by atoms with Crippen LogP contribution in [-0.4, -0.2) is 24.1 Å². The van der Waals surface area contributed by atoms with Crippen molar-refractivity contribution < 1.29 is 4.52 Å². The summed E-state index contributed by atoms with van der Waals surface area (Å²) in [6.45, 7) is 0. The number of hydrogen-bond donors (Lipinski definition) is 0. The van der Waals surface area contributed by atoms with Crippen LogP contribution >= 0.6 is 0 Å². The van der Waals surface area contributed by atoms with Gasteiger partial charge in [-0.15, -0.1) is 0 Å². The molecule has 0 radical (unpaired) electrons. The van der Waals surface area contributed by atoms with Gasteiger partial charge in [-0.05, 0) is 30.1 Å². The molecule has 0 bridgehead atoms. The van der Waals surface area contributed by atoms with Gasteiger partial charge >= 0.3 is 0 Å². The first-order valence-electron chi connectivity index (χ1n) is 7.13. The first-order valence-corrected chi connectivity index (χ1v) is 7.13. The van der Waals surface area contributed by atoms with Gasteiger partial charge in [-0.25, -0.2) is 9.55 Å². The Bertz CT molecular complexity index is 1070. The second-order valence-electron chi connectivity index (χ2n) is 5.49. The number of benzene rings is 1. The van der Waals surface area contributed by atoms with Crippen LogP contribution in [-0.2, 0) is 0 Å². The Labute approximate surface area is 123 Å². The lowest BCUT2D eigenvalue weighted by Crippen LogP contribution is -2.22. The molecule has 1 aliphatic rings. The minimum absolute atomic E-state index is 0.209. The van der Waals surface area contributed by atoms with Crippen LogP contribution in [0.2, 0.25) is 0 Å². The number of aromatic nitrogens is 5. The van der Waals surface area contributed by atoms with Crippen LogP contribution in [0.1, 0.15) is 24.7 Å². The molecule has 0 amide bonds. The Morgan fingerprint density at radius 3 is 2.77 bits per heavy atom. The summed E-state index contributed by atoms with van der Waals surface area (Å²) in [5.74, 6) is 1.24. The second-order valence-corrected chi connectivity index (χ2v) is 5.49. The van der Waals surface area contributed by atoms with E-state index in [0.717, 1.165) is 23.9 Å². The van der Waals surface area contributed by atoms with Crippen LogP contribution in [0.15, 0.2) is 46.1 Å². The van der Waals surface area contributed by atoms with Crippen LogP contribution in [0.3, 0.4) is 0 Å². The highest BCUT2D eigenvalue weighted by Gasteiger charge is 2.30. The van der Waals surface area contributed by atoms with Crippen molar-refractivity contribution in [1.82, 2.24) is 24.1 Å². The molecule has 22 heavy (non-hydrogen) atoms. The molecular weight excluding hydrogens is 282 g/mol. The normalized spacial score (nSPS) is 14.9. The van der Waals surface area contributed by atoms with E-state index in [2.05, 4.69) is 15.1 Å². The van der Waals surface area contributed by atoms with E-state index in [1.54, 1.807) is 16.9 Å². The van der Waals surface area contributed by atoms with E-state index in [4.69, 9.17) is 4.52 Å². The van der Waals surface area contributed by atoms with Gasteiger partial charge in [0, 0.05) is 5.92 Å². The molecular formula is C15H11N5O2. The van der Waals surface area contributed by atoms with Crippen molar-refractivity contribution in [2.75, 3.05) is 0 Å². The van der Waals surface area contributed by atoms with Crippen molar-refractivity contribution in [3.8, 4) is 5.95 Å². The van der Waals surface area contributed by atoms with Crippen molar-refractivity contribution in [2.24, 2.45) is 0 Å². The molecule has 7 nitrogen and oxygen atoms in total. The molecule has 1 fully saturated rings. The quantitative estimate of drug-likeness (QED) is 0.564. The van der Waals surface area contributed by atoms with E-state index in [9.17, 15) is 4.79 Å². The van der Waals surface area contributed by atoms with E-state index in [1.807, 2.05) is 24.3 Å². The van der Waals surface area contributed by atoms with Gasteiger partial charge in [0.2, 0.25) is 5.89 Å². The highest BCUT2D eigenvalue weighted by Crippen LogP contribution is 2.39. The molecule has 0 atom stereocenters. The van der Waals surface area contributed by atoms with Gasteiger partial charge in [-0.3, -0.25) is 9.20 Å². The second kappa shape index (κ2) is 4.03. The summed E-state index contributed by atoms with van der Waals surface area (Å²) in [5, 5.41) is 4.00. The van der Waals surface area contributed by atoms with Gasteiger partial charge < -0.3 is 4.52 Å². The largest absolute Gasteiger partial charge is 0.337 e. The van der Waals surface area contributed by atoms with Crippen LogP contribution in [0.4, 0.5) is 0 Å². The molecule has 4 aromatic rings. The molecule has 0 aliphatic heterocycles. The number of rotatable bonds is 2. The Morgan fingerprint density at radius 2 is 1.95 bits per heavy atom. The molecule has 0 saturated heterocycles. The lowest BCUT2D eigenvalue weighted by atomic mass is 10.3. The monoisotopic (exact) mass is 293 g/mol. The SMILES string of the molecule is O=c1c2cncn2c2ccccc2n1-c1noc(C2CC2)n1. The van der Waals surface area contributed by atoms with Crippen molar-refractivity contribution in [3.63, 3.8) is 0 Å². The predicted molar refractivity (Wildman–Crippen MR) is 78.1 cm³/mol. The number of imidazole rings is 1. The summed E-state index contributed by atoms with van der Waals surface area (Å²) in [7, 11) is 0. The van der Waals surface area contributed by atoms with E-state index < -0.39 is 0 Å². The summed E-state index contributed by atoms with van der Waals surface area (Å²) in [6, 6.07) is 7.59. The summed E-state index contributed by atoms with van der Waals surface area (Å²) >= 11 is 0. The van der Waals surface area contributed by atoms with Crippen molar-refractivity contribution in [2.45, 2.75) is 18.8 Å². The molecule has 1 aromatic carbocycles. The molecule has 1 aliphatic carbocycles. The average molecular weight is 293 g/mol. The maximum atomic E-state index is 12.8. The van der Waals surface area contributed by atoms with Crippen LogP contribution in [0, 0.1) is 0 Å². The fraction of sp³-hybridized carbons (Fsp3) is 0.200. The maximum Gasteiger partial charge on any atom is 0.284 e.